The van der Waals surface area contributed by atoms with Crippen LogP contribution in [0.25, 0.3) is 0 Å². The van der Waals surface area contributed by atoms with E-state index in [-0.39, 0.29) is 11.8 Å². The van der Waals surface area contributed by atoms with Crippen LogP contribution in [0.1, 0.15) is 49.5 Å². The van der Waals surface area contributed by atoms with Crippen molar-refractivity contribution in [1.82, 2.24) is 0 Å². The quantitative estimate of drug-likeness (QED) is 0.821. The lowest BCUT2D eigenvalue weighted by Gasteiger charge is -2.25. The summed E-state index contributed by atoms with van der Waals surface area (Å²) >= 11 is 1.60. The first-order valence-corrected chi connectivity index (χ1v) is 6.64. The maximum atomic E-state index is 10.7. The van der Waals surface area contributed by atoms with Gasteiger partial charge in [-0.3, -0.25) is 4.79 Å². The molecule has 2 N–H and O–H groups in total. The van der Waals surface area contributed by atoms with Crippen molar-refractivity contribution >= 4 is 17.3 Å². The third kappa shape index (κ3) is 4.48. The fourth-order valence-electron chi connectivity index (χ4n) is 1.87. The minimum atomic E-state index is -0.817. The second-order valence-electron chi connectivity index (χ2n) is 5.11. The van der Waals surface area contributed by atoms with Crippen molar-refractivity contribution in [2.75, 3.05) is 0 Å². The monoisotopic (exact) mass is 256 g/mol. The van der Waals surface area contributed by atoms with Crippen LogP contribution in [0, 0.1) is 5.41 Å². The van der Waals surface area contributed by atoms with Crippen LogP contribution in [0.4, 0.5) is 0 Å². The standard InChI is InChI=1S/C13H20O3S/c1-4-9-5-6-11(17-9)10(14)7-13(2,3)8-12(15)16/h5-6,10,14H,4,7-8H2,1-3H3,(H,15,16). The number of rotatable bonds is 6. The van der Waals surface area contributed by atoms with Crippen molar-refractivity contribution in [3.63, 3.8) is 0 Å². The van der Waals surface area contributed by atoms with Crippen molar-refractivity contribution in [3.8, 4) is 0 Å². The van der Waals surface area contributed by atoms with Crippen LogP contribution in [-0.4, -0.2) is 16.2 Å². The molecule has 0 aromatic carbocycles. The van der Waals surface area contributed by atoms with E-state index in [1.807, 2.05) is 26.0 Å². The molecule has 1 heterocycles. The number of hydrogen-bond acceptors (Lipinski definition) is 3. The minimum absolute atomic E-state index is 0.0794. The fourth-order valence-corrected chi connectivity index (χ4v) is 2.81. The number of aryl methyl sites for hydroxylation is 1. The number of aliphatic carboxylic acids is 1. The maximum Gasteiger partial charge on any atom is 0.303 e. The Morgan fingerprint density at radius 2 is 2.12 bits per heavy atom. The third-order valence-corrected chi connectivity index (χ3v) is 4.07. The van der Waals surface area contributed by atoms with Crippen molar-refractivity contribution < 1.29 is 15.0 Å². The molecule has 0 saturated heterocycles. The van der Waals surface area contributed by atoms with E-state index in [1.165, 1.54) is 4.88 Å². The zero-order chi connectivity index (χ0) is 13.1. The Hall–Kier alpha value is -0.870. The number of carbonyl (C=O) groups is 1. The van der Waals surface area contributed by atoms with Gasteiger partial charge in [-0.05, 0) is 30.4 Å². The smallest absolute Gasteiger partial charge is 0.303 e. The largest absolute Gasteiger partial charge is 0.481 e. The normalized spacial score (nSPS) is 13.6. The van der Waals surface area contributed by atoms with Gasteiger partial charge in [0, 0.05) is 9.75 Å². The minimum Gasteiger partial charge on any atom is -0.481 e. The molecule has 1 atom stereocenters. The first kappa shape index (κ1) is 14.2. The molecule has 0 aliphatic rings. The van der Waals surface area contributed by atoms with Gasteiger partial charge in [0.15, 0.2) is 0 Å². The number of aliphatic hydroxyl groups excluding tert-OH is 1. The zero-order valence-electron chi connectivity index (χ0n) is 10.6. The van der Waals surface area contributed by atoms with E-state index < -0.39 is 12.1 Å². The van der Waals surface area contributed by atoms with E-state index in [4.69, 9.17) is 5.11 Å². The third-order valence-electron chi connectivity index (χ3n) is 2.74. The molecule has 3 nitrogen and oxygen atoms in total. The van der Waals surface area contributed by atoms with E-state index in [0.29, 0.717) is 6.42 Å². The molecule has 0 saturated carbocycles. The lowest BCUT2D eigenvalue weighted by atomic mass is 9.83. The molecule has 0 spiro atoms. The number of aliphatic hydroxyl groups is 1. The summed E-state index contributed by atoms with van der Waals surface area (Å²) < 4.78 is 0. The van der Waals surface area contributed by atoms with Crippen LogP contribution in [0.2, 0.25) is 0 Å². The van der Waals surface area contributed by atoms with Crippen LogP contribution >= 0.6 is 11.3 Å². The molecule has 1 aromatic heterocycles. The number of hydrogen-bond donors (Lipinski definition) is 2. The molecule has 96 valence electrons. The van der Waals surface area contributed by atoms with Crippen molar-refractivity contribution in [3.05, 3.63) is 21.9 Å². The number of carboxylic acids is 1. The second-order valence-corrected chi connectivity index (χ2v) is 6.31. The highest BCUT2D eigenvalue weighted by atomic mass is 32.1. The highest BCUT2D eigenvalue weighted by molar-refractivity contribution is 7.12. The molecule has 17 heavy (non-hydrogen) atoms. The molecule has 1 rings (SSSR count). The molecule has 0 fully saturated rings. The van der Waals surface area contributed by atoms with Crippen LogP contribution in [0.3, 0.4) is 0 Å². The van der Waals surface area contributed by atoms with Gasteiger partial charge in [-0.2, -0.15) is 0 Å². The van der Waals surface area contributed by atoms with Gasteiger partial charge < -0.3 is 10.2 Å². The van der Waals surface area contributed by atoms with Gasteiger partial charge >= 0.3 is 5.97 Å². The van der Waals surface area contributed by atoms with Crippen molar-refractivity contribution in [2.24, 2.45) is 5.41 Å². The van der Waals surface area contributed by atoms with Gasteiger partial charge in [-0.15, -0.1) is 11.3 Å². The summed E-state index contributed by atoms with van der Waals surface area (Å²) in [6.07, 6.45) is 0.962. The van der Waals surface area contributed by atoms with Crippen LogP contribution in [-0.2, 0) is 11.2 Å². The van der Waals surface area contributed by atoms with E-state index in [9.17, 15) is 9.90 Å². The SMILES string of the molecule is CCc1ccc(C(O)CC(C)(C)CC(=O)O)s1. The molecule has 4 heteroatoms. The molecular formula is C13H20O3S. The van der Waals surface area contributed by atoms with Gasteiger partial charge in [0.1, 0.15) is 0 Å². The maximum absolute atomic E-state index is 10.7. The van der Waals surface area contributed by atoms with E-state index in [2.05, 4.69) is 6.92 Å². The zero-order valence-corrected chi connectivity index (χ0v) is 11.4. The second kappa shape index (κ2) is 5.65. The number of thiophene rings is 1. The molecule has 0 radical (unpaired) electrons. The van der Waals surface area contributed by atoms with Crippen LogP contribution < -0.4 is 0 Å². The summed E-state index contributed by atoms with van der Waals surface area (Å²) in [6.45, 7) is 5.83. The Bertz CT molecular complexity index is 382. The Labute approximate surface area is 106 Å². The lowest BCUT2D eigenvalue weighted by Crippen LogP contribution is -2.19. The fraction of sp³-hybridized carbons (Fsp3) is 0.615. The van der Waals surface area contributed by atoms with Gasteiger partial charge in [0.05, 0.1) is 12.5 Å². The predicted molar refractivity (Wildman–Crippen MR) is 69.3 cm³/mol. The lowest BCUT2D eigenvalue weighted by molar-refractivity contribution is -0.139. The number of carboxylic acid groups (broad SMARTS) is 1. The Balaban J connectivity index is 2.64. The molecule has 1 aromatic rings. The van der Waals surface area contributed by atoms with Crippen molar-refractivity contribution in [1.29, 1.82) is 0 Å². The summed E-state index contributed by atoms with van der Waals surface area (Å²) in [5.74, 6) is -0.817. The van der Waals surface area contributed by atoms with E-state index >= 15 is 0 Å². The summed E-state index contributed by atoms with van der Waals surface area (Å²) in [6, 6.07) is 3.96. The van der Waals surface area contributed by atoms with Crippen LogP contribution in [0.5, 0.6) is 0 Å². The first-order chi connectivity index (χ1) is 7.84. The van der Waals surface area contributed by atoms with Gasteiger partial charge in [-0.25, -0.2) is 0 Å². The summed E-state index contributed by atoms with van der Waals surface area (Å²) in [5, 5.41) is 18.9. The molecule has 0 bridgehead atoms. The topological polar surface area (TPSA) is 57.5 Å². The molecule has 0 aliphatic heterocycles. The molecule has 1 unspecified atom stereocenters. The van der Waals surface area contributed by atoms with Gasteiger partial charge in [0.2, 0.25) is 0 Å². The molecule has 0 aliphatic carbocycles. The molecular weight excluding hydrogens is 236 g/mol. The Morgan fingerprint density at radius 3 is 2.59 bits per heavy atom. The average Bonchev–Trinajstić information content (AvgIpc) is 2.62. The van der Waals surface area contributed by atoms with Gasteiger partial charge in [-0.1, -0.05) is 20.8 Å². The Morgan fingerprint density at radius 1 is 1.47 bits per heavy atom. The highest BCUT2D eigenvalue weighted by Gasteiger charge is 2.26. The van der Waals surface area contributed by atoms with Gasteiger partial charge in [0.25, 0.3) is 0 Å². The highest BCUT2D eigenvalue weighted by Crippen LogP contribution is 2.35. The summed E-state index contributed by atoms with van der Waals surface area (Å²) in [4.78, 5) is 12.9. The van der Waals surface area contributed by atoms with Crippen molar-refractivity contribution in [2.45, 2.75) is 46.1 Å². The Kier molecular flexibility index (Phi) is 4.71. The predicted octanol–water partition coefficient (Wildman–Crippen LogP) is 3.23. The van der Waals surface area contributed by atoms with E-state index in [1.54, 1.807) is 11.3 Å². The van der Waals surface area contributed by atoms with E-state index in [0.717, 1.165) is 11.3 Å². The average molecular weight is 256 g/mol. The summed E-state index contributed by atoms with van der Waals surface area (Å²) in [7, 11) is 0. The first-order valence-electron chi connectivity index (χ1n) is 5.82. The summed E-state index contributed by atoms with van der Waals surface area (Å²) in [5.41, 5.74) is -0.387. The molecule has 0 amide bonds. The van der Waals surface area contributed by atoms with Crippen LogP contribution in [0.15, 0.2) is 12.1 Å².